The number of thioether (sulfide) groups is 1. The van der Waals surface area contributed by atoms with E-state index in [9.17, 15) is 9.59 Å². The molecule has 1 aliphatic heterocycles. The Kier molecular flexibility index (Phi) is 4.47. The number of hydrogen-bond acceptors (Lipinski definition) is 4. The summed E-state index contributed by atoms with van der Waals surface area (Å²) >= 11 is 1.65. The van der Waals surface area contributed by atoms with Gasteiger partial charge in [-0.1, -0.05) is 0 Å². The smallest absolute Gasteiger partial charge is 0.246 e. The largest absolute Gasteiger partial charge is 0.472 e. The van der Waals surface area contributed by atoms with Crippen molar-refractivity contribution < 1.29 is 14.0 Å². The van der Waals surface area contributed by atoms with Crippen molar-refractivity contribution in [1.82, 2.24) is 9.80 Å². The molecule has 22 heavy (non-hydrogen) atoms. The Morgan fingerprint density at radius 1 is 1.36 bits per heavy atom. The molecule has 0 bridgehead atoms. The van der Waals surface area contributed by atoms with E-state index in [2.05, 4.69) is 0 Å². The molecule has 2 aliphatic rings. The maximum atomic E-state index is 12.8. The van der Waals surface area contributed by atoms with Gasteiger partial charge in [0.25, 0.3) is 0 Å². The van der Waals surface area contributed by atoms with Crippen LogP contribution in [-0.2, 0) is 9.59 Å². The first-order chi connectivity index (χ1) is 10.7. The number of hydrogen-bond donors (Lipinski definition) is 0. The zero-order chi connectivity index (χ0) is 15.7. The standard InChI is InChI=1S/C16H22N2O3S/c1-3-17(4-2)15(20)13-10-22-16(12-7-8-21-9-12)18(13)14(19)11-5-6-11/h7-9,11,13,16H,3-6,10H2,1-2H3. The number of carbonyl (C=O) groups is 2. The lowest BCUT2D eigenvalue weighted by Crippen LogP contribution is -2.49. The minimum Gasteiger partial charge on any atom is -0.472 e. The Bertz CT molecular complexity index is 538. The summed E-state index contributed by atoms with van der Waals surface area (Å²) in [7, 11) is 0. The monoisotopic (exact) mass is 322 g/mol. The molecule has 3 rings (SSSR count). The highest BCUT2D eigenvalue weighted by atomic mass is 32.2. The summed E-state index contributed by atoms with van der Waals surface area (Å²) in [5, 5.41) is -0.101. The Hall–Kier alpha value is -1.43. The zero-order valence-corrected chi connectivity index (χ0v) is 13.8. The van der Waals surface area contributed by atoms with Crippen LogP contribution in [0.25, 0.3) is 0 Å². The molecule has 0 aromatic carbocycles. The molecule has 0 radical (unpaired) electrons. The van der Waals surface area contributed by atoms with Crippen molar-refractivity contribution in [2.24, 2.45) is 5.92 Å². The minimum absolute atomic E-state index is 0.0671. The SMILES string of the molecule is CCN(CC)C(=O)C1CSC(c2ccoc2)N1C(=O)C1CC1. The number of nitrogens with zero attached hydrogens (tertiary/aromatic N) is 2. The van der Waals surface area contributed by atoms with E-state index in [4.69, 9.17) is 4.42 Å². The van der Waals surface area contributed by atoms with Crippen LogP contribution in [0, 0.1) is 5.92 Å². The summed E-state index contributed by atoms with van der Waals surface area (Å²) in [5.41, 5.74) is 0.967. The van der Waals surface area contributed by atoms with Crippen LogP contribution in [0.1, 0.15) is 37.6 Å². The van der Waals surface area contributed by atoms with Crippen LogP contribution in [0.3, 0.4) is 0 Å². The first-order valence-electron chi connectivity index (χ1n) is 7.92. The van der Waals surface area contributed by atoms with Crippen LogP contribution >= 0.6 is 11.8 Å². The summed E-state index contributed by atoms with van der Waals surface area (Å²) < 4.78 is 5.17. The van der Waals surface area contributed by atoms with Crippen LogP contribution in [0.2, 0.25) is 0 Å². The highest BCUT2D eigenvalue weighted by molar-refractivity contribution is 7.99. The third-order valence-corrected chi connectivity index (χ3v) is 5.69. The maximum Gasteiger partial charge on any atom is 0.246 e. The third-order valence-electron chi connectivity index (χ3n) is 4.37. The Balaban J connectivity index is 1.86. The molecule has 120 valence electrons. The van der Waals surface area contributed by atoms with Crippen LogP contribution in [-0.4, -0.2) is 46.5 Å². The first kappa shape index (κ1) is 15.5. The fourth-order valence-corrected chi connectivity index (χ4v) is 4.33. The second kappa shape index (κ2) is 6.36. The number of likely N-dealkylation sites (N-methyl/N-ethyl adjacent to an activating group) is 1. The number of rotatable bonds is 5. The van der Waals surface area contributed by atoms with Gasteiger partial charge < -0.3 is 14.2 Å². The van der Waals surface area contributed by atoms with E-state index in [0.29, 0.717) is 18.8 Å². The highest BCUT2D eigenvalue weighted by Crippen LogP contribution is 2.45. The van der Waals surface area contributed by atoms with E-state index in [0.717, 1.165) is 18.4 Å². The molecule has 5 nitrogen and oxygen atoms in total. The van der Waals surface area contributed by atoms with Crippen molar-refractivity contribution in [3.63, 3.8) is 0 Å². The molecule has 0 N–H and O–H groups in total. The fourth-order valence-electron chi connectivity index (χ4n) is 2.93. The lowest BCUT2D eigenvalue weighted by Gasteiger charge is -2.31. The van der Waals surface area contributed by atoms with E-state index < -0.39 is 0 Å². The Labute approximate surface area is 135 Å². The molecule has 2 fully saturated rings. The fraction of sp³-hybridized carbons (Fsp3) is 0.625. The Morgan fingerprint density at radius 3 is 2.64 bits per heavy atom. The average molecular weight is 322 g/mol. The van der Waals surface area contributed by atoms with Crippen LogP contribution < -0.4 is 0 Å². The van der Waals surface area contributed by atoms with Crippen molar-refractivity contribution in [3.8, 4) is 0 Å². The molecule has 1 aromatic heterocycles. The molecule has 2 heterocycles. The van der Waals surface area contributed by atoms with Crippen molar-refractivity contribution in [3.05, 3.63) is 24.2 Å². The van der Waals surface area contributed by atoms with Gasteiger partial charge in [-0.2, -0.15) is 0 Å². The van der Waals surface area contributed by atoms with E-state index in [-0.39, 0.29) is 29.1 Å². The van der Waals surface area contributed by atoms with Crippen molar-refractivity contribution in [2.45, 2.75) is 38.1 Å². The van der Waals surface area contributed by atoms with Gasteiger partial charge in [0.2, 0.25) is 11.8 Å². The van der Waals surface area contributed by atoms with Gasteiger partial charge >= 0.3 is 0 Å². The van der Waals surface area contributed by atoms with Gasteiger partial charge in [0.1, 0.15) is 11.4 Å². The van der Waals surface area contributed by atoms with Gasteiger partial charge in [0, 0.05) is 30.3 Å². The van der Waals surface area contributed by atoms with Gasteiger partial charge in [-0.15, -0.1) is 11.8 Å². The summed E-state index contributed by atoms with van der Waals surface area (Å²) in [6.45, 7) is 5.31. The Morgan fingerprint density at radius 2 is 2.09 bits per heavy atom. The lowest BCUT2D eigenvalue weighted by atomic mass is 10.1. The van der Waals surface area contributed by atoms with Crippen molar-refractivity contribution >= 4 is 23.6 Å². The molecule has 2 amide bonds. The van der Waals surface area contributed by atoms with E-state index in [1.54, 1.807) is 24.3 Å². The predicted molar refractivity (Wildman–Crippen MR) is 85.2 cm³/mol. The van der Waals surface area contributed by atoms with Gasteiger partial charge in [-0.3, -0.25) is 9.59 Å². The molecular weight excluding hydrogens is 300 g/mol. The summed E-state index contributed by atoms with van der Waals surface area (Å²) in [6, 6.07) is 1.53. The van der Waals surface area contributed by atoms with Gasteiger partial charge in [0.05, 0.1) is 12.5 Å². The lowest BCUT2D eigenvalue weighted by molar-refractivity contribution is -0.145. The molecule has 1 saturated heterocycles. The van der Waals surface area contributed by atoms with Gasteiger partial charge in [-0.05, 0) is 32.8 Å². The molecular formula is C16H22N2O3S. The second-order valence-corrected chi connectivity index (χ2v) is 6.90. The quantitative estimate of drug-likeness (QED) is 0.836. The van der Waals surface area contributed by atoms with Gasteiger partial charge in [0.15, 0.2) is 0 Å². The summed E-state index contributed by atoms with van der Waals surface area (Å²) in [4.78, 5) is 29.1. The zero-order valence-electron chi connectivity index (χ0n) is 13.0. The predicted octanol–water partition coefficient (Wildman–Crippen LogP) is 2.50. The molecule has 2 unspecified atom stereocenters. The normalized spacial score (nSPS) is 24.5. The van der Waals surface area contributed by atoms with E-state index >= 15 is 0 Å². The van der Waals surface area contributed by atoms with E-state index in [1.165, 1.54) is 0 Å². The van der Waals surface area contributed by atoms with Crippen LogP contribution in [0.4, 0.5) is 0 Å². The number of amides is 2. The third kappa shape index (κ3) is 2.76. The molecule has 1 aromatic rings. The average Bonchev–Trinajstić information content (AvgIpc) is 3.06. The summed E-state index contributed by atoms with van der Waals surface area (Å²) in [6.07, 6.45) is 5.19. The topological polar surface area (TPSA) is 53.8 Å². The first-order valence-corrected chi connectivity index (χ1v) is 8.96. The maximum absolute atomic E-state index is 12.8. The van der Waals surface area contributed by atoms with Crippen molar-refractivity contribution in [1.29, 1.82) is 0 Å². The molecule has 1 aliphatic carbocycles. The summed E-state index contributed by atoms with van der Waals surface area (Å²) in [5.74, 6) is 0.961. The van der Waals surface area contributed by atoms with E-state index in [1.807, 2.05) is 29.7 Å². The number of furan rings is 1. The molecule has 6 heteroatoms. The number of carbonyl (C=O) groups excluding carboxylic acids is 2. The molecule has 2 atom stereocenters. The molecule has 1 saturated carbocycles. The van der Waals surface area contributed by atoms with Crippen molar-refractivity contribution in [2.75, 3.05) is 18.8 Å². The van der Waals surface area contributed by atoms with Gasteiger partial charge in [-0.25, -0.2) is 0 Å². The minimum atomic E-state index is -0.349. The highest BCUT2D eigenvalue weighted by Gasteiger charge is 2.47. The van der Waals surface area contributed by atoms with Crippen LogP contribution in [0.15, 0.2) is 23.0 Å². The van der Waals surface area contributed by atoms with Crippen LogP contribution in [0.5, 0.6) is 0 Å². The second-order valence-electron chi connectivity index (χ2n) is 5.79. The molecule has 0 spiro atoms.